The Morgan fingerprint density at radius 2 is 2.00 bits per heavy atom. The Kier molecular flexibility index (Phi) is 4.63. The van der Waals surface area contributed by atoms with Crippen LogP contribution in [0.5, 0.6) is 0 Å². The maximum absolute atomic E-state index is 11.1. The zero-order chi connectivity index (χ0) is 9.07. The SMILES string of the molecule is CC(C)(C)OC(=O)C(Br)CBr. The fourth-order valence-electron chi connectivity index (χ4n) is 0.429. The van der Waals surface area contributed by atoms with Crippen LogP contribution in [-0.2, 0) is 9.53 Å². The van der Waals surface area contributed by atoms with Crippen molar-refractivity contribution in [1.82, 2.24) is 0 Å². The van der Waals surface area contributed by atoms with Gasteiger partial charge in [-0.1, -0.05) is 31.9 Å². The Morgan fingerprint density at radius 3 is 2.27 bits per heavy atom. The van der Waals surface area contributed by atoms with Crippen molar-refractivity contribution in [3.8, 4) is 0 Å². The molecule has 0 rings (SSSR count). The molecule has 0 aromatic carbocycles. The number of alkyl halides is 2. The first-order valence-corrected chi connectivity index (χ1v) is 5.33. The van der Waals surface area contributed by atoms with E-state index in [-0.39, 0.29) is 10.8 Å². The lowest BCUT2D eigenvalue weighted by atomic mass is 10.2. The summed E-state index contributed by atoms with van der Waals surface area (Å²) in [5.74, 6) is -0.227. The van der Waals surface area contributed by atoms with E-state index in [1.807, 2.05) is 20.8 Å². The molecule has 66 valence electrons. The van der Waals surface area contributed by atoms with E-state index in [2.05, 4.69) is 31.9 Å². The Balaban J connectivity index is 3.88. The van der Waals surface area contributed by atoms with Gasteiger partial charge in [-0.15, -0.1) is 0 Å². The number of esters is 1. The van der Waals surface area contributed by atoms with Gasteiger partial charge in [0.1, 0.15) is 10.4 Å². The van der Waals surface area contributed by atoms with Crippen LogP contribution in [0.3, 0.4) is 0 Å². The van der Waals surface area contributed by atoms with Crippen molar-refractivity contribution in [2.75, 3.05) is 5.33 Å². The molecule has 0 aliphatic heterocycles. The van der Waals surface area contributed by atoms with Crippen LogP contribution in [0.15, 0.2) is 0 Å². The molecule has 11 heavy (non-hydrogen) atoms. The molecule has 1 atom stereocenters. The van der Waals surface area contributed by atoms with Crippen LogP contribution in [0.25, 0.3) is 0 Å². The number of rotatable bonds is 2. The highest BCUT2D eigenvalue weighted by Gasteiger charge is 2.21. The smallest absolute Gasteiger partial charge is 0.321 e. The van der Waals surface area contributed by atoms with Gasteiger partial charge in [0.2, 0.25) is 0 Å². The van der Waals surface area contributed by atoms with Crippen molar-refractivity contribution in [2.45, 2.75) is 31.2 Å². The molecule has 4 heteroatoms. The largest absolute Gasteiger partial charge is 0.459 e. The summed E-state index contributed by atoms with van der Waals surface area (Å²) in [5.41, 5.74) is -0.398. The first-order chi connectivity index (χ1) is 4.87. The molecular weight excluding hydrogens is 276 g/mol. The van der Waals surface area contributed by atoms with Crippen LogP contribution in [0.4, 0.5) is 0 Å². The molecule has 0 amide bonds. The normalized spacial score (nSPS) is 14.3. The molecule has 0 N–H and O–H groups in total. The molecule has 0 saturated carbocycles. The summed E-state index contributed by atoms with van der Waals surface area (Å²) in [7, 11) is 0. The van der Waals surface area contributed by atoms with Gasteiger partial charge in [0, 0.05) is 5.33 Å². The van der Waals surface area contributed by atoms with Crippen LogP contribution in [-0.4, -0.2) is 21.7 Å². The molecular formula is C7H12Br2O2. The molecule has 0 aromatic rings. The van der Waals surface area contributed by atoms with Gasteiger partial charge >= 0.3 is 5.97 Å². The highest BCUT2D eigenvalue weighted by atomic mass is 79.9. The van der Waals surface area contributed by atoms with Gasteiger partial charge in [0.15, 0.2) is 0 Å². The fourth-order valence-corrected chi connectivity index (χ4v) is 0.786. The van der Waals surface area contributed by atoms with Crippen molar-refractivity contribution < 1.29 is 9.53 Å². The van der Waals surface area contributed by atoms with E-state index in [9.17, 15) is 4.79 Å². The molecule has 0 aliphatic rings. The molecule has 0 spiro atoms. The molecule has 2 nitrogen and oxygen atoms in total. The van der Waals surface area contributed by atoms with Crippen LogP contribution in [0.1, 0.15) is 20.8 Å². The second-order valence-electron chi connectivity index (χ2n) is 3.16. The average molecular weight is 288 g/mol. The van der Waals surface area contributed by atoms with Crippen molar-refractivity contribution >= 4 is 37.8 Å². The maximum Gasteiger partial charge on any atom is 0.321 e. The average Bonchev–Trinajstić information content (AvgIpc) is 1.82. The molecule has 0 fully saturated rings. The van der Waals surface area contributed by atoms with Gasteiger partial charge in [-0.05, 0) is 20.8 Å². The third-order valence-electron chi connectivity index (χ3n) is 0.798. The Hall–Kier alpha value is 0.430. The lowest BCUT2D eigenvalue weighted by Crippen LogP contribution is -2.29. The number of hydrogen-bond acceptors (Lipinski definition) is 2. The molecule has 0 bridgehead atoms. The van der Waals surface area contributed by atoms with Gasteiger partial charge in [0.25, 0.3) is 0 Å². The number of ether oxygens (including phenoxy) is 1. The quantitative estimate of drug-likeness (QED) is 0.576. The molecule has 0 saturated heterocycles. The van der Waals surface area contributed by atoms with Gasteiger partial charge in [0.05, 0.1) is 0 Å². The van der Waals surface area contributed by atoms with Crippen LogP contribution < -0.4 is 0 Å². The zero-order valence-corrected chi connectivity index (χ0v) is 10.0. The summed E-state index contributed by atoms with van der Waals surface area (Å²) < 4.78 is 5.07. The minimum atomic E-state index is -0.398. The van der Waals surface area contributed by atoms with E-state index in [4.69, 9.17) is 4.74 Å². The third-order valence-corrected chi connectivity index (χ3v) is 3.01. The van der Waals surface area contributed by atoms with Crippen LogP contribution in [0.2, 0.25) is 0 Å². The number of carbonyl (C=O) groups excluding carboxylic acids is 1. The van der Waals surface area contributed by atoms with E-state index >= 15 is 0 Å². The van der Waals surface area contributed by atoms with Gasteiger partial charge in [-0.25, -0.2) is 0 Å². The minimum absolute atomic E-state index is 0.227. The Labute approximate surface area is 83.9 Å². The molecule has 1 unspecified atom stereocenters. The summed E-state index contributed by atoms with van der Waals surface area (Å²) >= 11 is 6.35. The van der Waals surface area contributed by atoms with E-state index in [1.54, 1.807) is 0 Å². The lowest BCUT2D eigenvalue weighted by Gasteiger charge is -2.20. The first-order valence-electron chi connectivity index (χ1n) is 3.29. The number of halogens is 2. The molecule has 0 heterocycles. The summed E-state index contributed by atoms with van der Waals surface area (Å²) in [4.78, 5) is 10.8. The summed E-state index contributed by atoms with van der Waals surface area (Å²) in [6, 6.07) is 0. The second kappa shape index (κ2) is 4.45. The van der Waals surface area contributed by atoms with Crippen molar-refractivity contribution in [3.05, 3.63) is 0 Å². The highest BCUT2D eigenvalue weighted by Crippen LogP contribution is 2.13. The van der Waals surface area contributed by atoms with E-state index in [1.165, 1.54) is 0 Å². The van der Waals surface area contributed by atoms with E-state index < -0.39 is 5.60 Å². The monoisotopic (exact) mass is 286 g/mol. The Morgan fingerprint density at radius 1 is 1.55 bits per heavy atom. The Bertz CT molecular complexity index is 140. The zero-order valence-electron chi connectivity index (χ0n) is 6.86. The highest BCUT2D eigenvalue weighted by molar-refractivity contribution is 9.12. The number of hydrogen-bond donors (Lipinski definition) is 0. The van der Waals surface area contributed by atoms with Crippen molar-refractivity contribution in [3.63, 3.8) is 0 Å². The third kappa shape index (κ3) is 5.67. The van der Waals surface area contributed by atoms with Gasteiger partial charge in [-0.3, -0.25) is 4.79 Å². The topological polar surface area (TPSA) is 26.3 Å². The summed E-state index contributed by atoms with van der Waals surface area (Å²) in [6.07, 6.45) is 0. The summed E-state index contributed by atoms with van der Waals surface area (Å²) in [6.45, 7) is 5.54. The first kappa shape index (κ1) is 11.4. The maximum atomic E-state index is 11.1. The second-order valence-corrected chi connectivity index (χ2v) is 4.91. The fraction of sp³-hybridized carbons (Fsp3) is 0.857. The van der Waals surface area contributed by atoms with Crippen molar-refractivity contribution in [2.24, 2.45) is 0 Å². The van der Waals surface area contributed by atoms with Crippen molar-refractivity contribution in [1.29, 1.82) is 0 Å². The molecule has 0 aromatic heterocycles. The van der Waals surface area contributed by atoms with Gasteiger partial charge < -0.3 is 4.74 Å². The standard InChI is InChI=1S/C7H12Br2O2/c1-7(2,3)11-6(10)5(9)4-8/h5H,4H2,1-3H3. The molecule has 0 aliphatic carbocycles. The van der Waals surface area contributed by atoms with Gasteiger partial charge in [-0.2, -0.15) is 0 Å². The van der Waals surface area contributed by atoms with E-state index in [0.717, 1.165) is 0 Å². The lowest BCUT2D eigenvalue weighted by molar-refractivity contribution is -0.153. The minimum Gasteiger partial charge on any atom is -0.459 e. The number of carbonyl (C=O) groups is 1. The van der Waals surface area contributed by atoms with Crippen LogP contribution >= 0.6 is 31.9 Å². The van der Waals surface area contributed by atoms with E-state index in [0.29, 0.717) is 5.33 Å². The predicted octanol–water partition coefficient (Wildman–Crippen LogP) is 2.49. The predicted molar refractivity (Wildman–Crippen MR) is 52.4 cm³/mol. The molecule has 0 radical (unpaired) electrons. The summed E-state index contributed by atoms with van der Waals surface area (Å²) in [5, 5.41) is 0.571. The van der Waals surface area contributed by atoms with Crippen LogP contribution in [0, 0.1) is 0 Å².